The van der Waals surface area contributed by atoms with Gasteiger partial charge in [0.25, 0.3) is 11.8 Å². The molecule has 7 nitrogen and oxygen atoms in total. The van der Waals surface area contributed by atoms with Gasteiger partial charge in [-0.25, -0.2) is 0 Å². The van der Waals surface area contributed by atoms with E-state index in [9.17, 15) is 9.59 Å². The van der Waals surface area contributed by atoms with Crippen LogP contribution in [0.4, 0.5) is 5.69 Å². The summed E-state index contributed by atoms with van der Waals surface area (Å²) in [6.07, 6.45) is 0. The molecule has 0 atom stereocenters. The van der Waals surface area contributed by atoms with Crippen LogP contribution in [0.1, 0.15) is 21.6 Å². The summed E-state index contributed by atoms with van der Waals surface area (Å²) in [5.74, 6) is -0.179. The van der Waals surface area contributed by atoms with Gasteiger partial charge in [0.1, 0.15) is 0 Å². The monoisotopic (exact) mass is 328 g/mol. The van der Waals surface area contributed by atoms with E-state index < -0.39 is 0 Å². The number of benzene rings is 1. The second kappa shape index (κ2) is 7.54. The topological polar surface area (TPSA) is 84.4 Å². The number of ether oxygens (including phenoxy) is 1. The van der Waals surface area contributed by atoms with Gasteiger partial charge in [0, 0.05) is 31.4 Å². The number of rotatable bonds is 5. The van der Waals surface area contributed by atoms with E-state index in [4.69, 9.17) is 4.74 Å². The number of hydrogen-bond acceptors (Lipinski definition) is 5. The molecule has 2 amide bonds. The lowest BCUT2D eigenvalue weighted by atomic mass is 10.2. The van der Waals surface area contributed by atoms with Crippen LogP contribution in [-0.2, 0) is 4.79 Å². The first-order valence-corrected chi connectivity index (χ1v) is 7.42. The molecule has 0 unspecified atom stereocenters. The Labute approximate surface area is 140 Å². The lowest BCUT2D eigenvalue weighted by Gasteiger charge is -2.12. The fourth-order valence-electron chi connectivity index (χ4n) is 1.92. The first-order chi connectivity index (χ1) is 11.4. The zero-order valence-corrected chi connectivity index (χ0v) is 14.2. The highest BCUT2D eigenvalue weighted by Gasteiger charge is 2.10. The summed E-state index contributed by atoms with van der Waals surface area (Å²) in [4.78, 5) is 25.4. The molecule has 126 valence electrons. The molecule has 1 aromatic carbocycles. The molecule has 1 heterocycles. The standard InChI is InChI=1S/C17H20N4O3/c1-11-8-16(20-19-12(11)2)24-10-15(22)18-14-7-5-6-13(9-14)17(23)21(3)4/h5-9H,10H2,1-4H3,(H,18,22). The van der Waals surface area contributed by atoms with Crippen molar-refractivity contribution in [1.82, 2.24) is 15.1 Å². The van der Waals surface area contributed by atoms with Gasteiger partial charge in [0.15, 0.2) is 6.61 Å². The summed E-state index contributed by atoms with van der Waals surface area (Å²) in [5.41, 5.74) is 2.78. The number of amides is 2. The molecule has 24 heavy (non-hydrogen) atoms. The lowest BCUT2D eigenvalue weighted by molar-refractivity contribution is -0.118. The van der Waals surface area contributed by atoms with Gasteiger partial charge in [-0.1, -0.05) is 6.07 Å². The second-order valence-electron chi connectivity index (χ2n) is 5.57. The fraction of sp³-hybridized carbons (Fsp3) is 0.294. The zero-order valence-electron chi connectivity index (χ0n) is 14.2. The molecule has 7 heteroatoms. The van der Waals surface area contributed by atoms with Gasteiger partial charge in [0.2, 0.25) is 5.88 Å². The Balaban J connectivity index is 1.96. The minimum atomic E-state index is -0.343. The summed E-state index contributed by atoms with van der Waals surface area (Å²) < 4.78 is 5.33. The summed E-state index contributed by atoms with van der Waals surface area (Å²) >= 11 is 0. The van der Waals surface area contributed by atoms with Crippen LogP contribution in [0.3, 0.4) is 0 Å². The van der Waals surface area contributed by atoms with Crippen molar-refractivity contribution in [3.63, 3.8) is 0 Å². The Morgan fingerprint density at radius 2 is 1.92 bits per heavy atom. The minimum Gasteiger partial charge on any atom is -0.466 e. The van der Waals surface area contributed by atoms with Crippen LogP contribution < -0.4 is 10.1 Å². The van der Waals surface area contributed by atoms with E-state index in [1.54, 1.807) is 44.4 Å². The Morgan fingerprint density at radius 1 is 1.17 bits per heavy atom. The first-order valence-electron chi connectivity index (χ1n) is 7.42. The SMILES string of the molecule is Cc1cc(OCC(=O)Nc2cccc(C(=O)N(C)C)c2)nnc1C. The second-order valence-corrected chi connectivity index (χ2v) is 5.57. The number of hydrogen-bond donors (Lipinski definition) is 1. The molecule has 0 radical (unpaired) electrons. The van der Waals surface area contributed by atoms with E-state index in [0.29, 0.717) is 17.1 Å². The van der Waals surface area contributed by atoms with Crippen molar-refractivity contribution in [1.29, 1.82) is 0 Å². The summed E-state index contributed by atoms with van der Waals surface area (Å²) in [6.45, 7) is 3.55. The molecule has 0 fully saturated rings. The number of nitrogens with one attached hydrogen (secondary N) is 1. The maximum Gasteiger partial charge on any atom is 0.262 e. The highest BCUT2D eigenvalue weighted by Crippen LogP contribution is 2.13. The number of carbonyl (C=O) groups is 2. The molecular formula is C17H20N4O3. The first kappa shape index (κ1) is 17.4. The van der Waals surface area contributed by atoms with Gasteiger partial charge in [-0.15, -0.1) is 5.10 Å². The van der Waals surface area contributed by atoms with E-state index in [1.165, 1.54) is 4.90 Å². The van der Waals surface area contributed by atoms with Crippen molar-refractivity contribution < 1.29 is 14.3 Å². The van der Waals surface area contributed by atoms with Crippen molar-refractivity contribution in [3.05, 3.63) is 47.2 Å². The largest absolute Gasteiger partial charge is 0.466 e. The molecule has 0 aliphatic rings. The predicted octanol–water partition coefficient (Wildman–Crippen LogP) is 1.81. The van der Waals surface area contributed by atoms with Crippen molar-refractivity contribution in [2.75, 3.05) is 26.0 Å². The van der Waals surface area contributed by atoms with Crippen LogP contribution >= 0.6 is 0 Å². The van der Waals surface area contributed by atoms with Gasteiger partial charge < -0.3 is 15.0 Å². The smallest absolute Gasteiger partial charge is 0.262 e. The van der Waals surface area contributed by atoms with Crippen molar-refractivity contribution in [3.8, 4) is 5.88 Å². The Kier molecular flexibility index (Phi) is 5.47. The molecule has 0 saturated heterocycles. The number of anilines is 1. The highest BCUT2D eigenvalue weighted by atomic mass is 16.5. The summed E-state index contributed by atoms with van der Waals surface area (Å²) in [6, 6.07) is 8.46. The van der Waals surface area contributed by atoms with Crippen LogP contribution in [0, 0.1) is 13.8 Å². The zero-order chi connectivity index (χ0) is 17.7. The summed E-state index contributed by atoms with van der Waals surface area (Å²) in [7, 11) is 3.35. The minimum absolute atomic E-state index is 0.132. The van der Waals surface area contributed by atoms with Gasteiger partial charge >= 0.3 is 0 Å². The summed E-state index contributed by atoms with van der Waals surface area (Å²) in [5, 5.41) is 10.5. The maximum atomic E-state index is 12.0. The third-order valence-electron chi connectivity index (χ3n) is 3.36. The molecule has 1 N–H and O–H groups in total. The number of carbonyl (C=O) groups excluding carboxylic acids is 2. The molecule has 0 aliphatic heterocycles. The van der Waals surface area contributed by atoms with Crippen molar-refractivity contribution in [2.45, 2.75) is 13.8 Å². The third kappa shape index (κ3) is 4.52. The van der Waals surface area contributed by atoms with E-state index in [1.807, 2.05) is 13.8 Å². The quantitative estimate of drug-likeness (QED) is 0.905. The van der Waals surface area contributed by atoms with Crippen molar-refractivity contribution >= 4 is 17.5 Å². The van der Waals surface area contributed by atoms with Crippen LogP contribution in [-0.4, -0.2) is 47.6 Å². The normalized spacial score (nSPS) is 10.2. The molecule has 2 aromatic rings. The van der Waals surface area contributed by atoms with Gasteiger partial charge in [0.05, 0.1) is 5.69 Å². The number of aryl methyl sites for hydroxylation is 2. The van der Waals surface area contributed by atoms with Crippen LogP contribution in [0.5, 0.6) is 5.88 Å². The predicted molar refractivity (Wildman–Crippen MR) is 90.1 cm³/mol. The van der Waals surface area contributed by atoms with E-state index >= 15 is 0 Å². The van der Waals surface area contributed by atoms with E-state index in [2.05, 4.69) is 15.5 Å². The highest BCUT2D eigenvalue weighted by molar-refractivity contribution is 5.97. The Hall–Kier alpha value is -2.96. The average Bonchev–Trinajstić information content (AvgIpc) is 2.55. The van der Waals surface area contributed by atoms with Gasteiger partial charge in [-0.05, 0) is 37.6 Å². The third-order valence-corrected chi connectivity index (χ3v) is 3.36. The molecule has 0 spiro atoms. The van der Waals surface area contributed by atoms with E-state index in [0.717, 1.165) is 11.3 Å². The maximum absolute atomic E-state index is 12.0. The van der Waals surface area contributed by atoms with Crippen LogP contribution in [0.25, 0.3) is 0 Å². The average molecular weight is 328 g/mol. The molecule has 0 aliphatic carbocycles. The number of aromatic nitrogens is 2. The van der Waals surface area contributed by atoms with Crippen molar-refractivity contribution in [2.24, 2.45) is 0 Å². The van der Waals surface area contributed by atoms with Gasteiger partial charge in [-0.2, -0.15) is 5.10 Å². The fourth-order valence-corrected chi connectivity index (χ4v) is 1.92. The van der Waals surface area contributed by atoms with Gasteiger partial charge in [-0.3, -0.25) is 9.59 Å². The molecule has 1 aromatic heterocycles. The molecule has 0 saturated carbocycles. The molecule has 0 bridgehead atoms. The van der Waals surface area contributed by atoms with E-state index in [-0.39, 0.29) is 18.4 Å². The number of nitrogens with zero attached hydrogens (tertiary/aromatic N) is 3. The van der Waals surface area contributed by atoms with Crippen LogP contribution in [0.2, 0.25) is 0 Å². The molecule has 2 rings (SSSR count). The Bertz CT molecular complexity index is 759. The van der Waals surface area contributed by atoms with Crippen LogP contribution in [0.15, 0.2) is 30.3 Å². The molecular weight excluding hydrogens is 308 g/mol. The lowest BCUT2D eigenvalue weighted by Crippen LogP contribution is -2.23. The Morgan fingerprint density at radius 3 is 2.58 bits per heavy atom.